The Bertz CT molecular complexity index is 786. The Hall–Kier alpha value is -1.69. The molecule has 0 saturated carbocycles. The van der Waals surface area contributed by atoms with Gasteiger partial charge in [0.1, 0.15) is 18.4 Å². The van der Waals surface area contributed by atoms with Gasteiger partial charge in [0.05, 0.1) is 5.02 Å². The number of likely N-dealkylation sites (N-methyl/N-ethyl adjacent to an activating group) is 1. The van der Waals surface area contributed by atoms with Gasteiger partial charge >= 0.3 is 5.97 Å². The summed E-state index contributed by atoms with van der Waals surface area (Å²) in [5.41, 5.74) is 1.08. The summed E-state index contributed by atoms with van der Waals surface area (Å²) in [6.45, 7) is 2.61. The molecule has 2 unspecified atom stereocenters. The lowest BCUT2D eigenvalue weighted by molar-refractivity contribution is -0.139. The van der Waals surface area contributed by atoms with E-state index in [4.69, 9.17) is 16.3 Å². The standard InChI is InChI=1S/C21H26ClNO3S/c1-14-10-11-27(20(14)19(23-2)21(24)25)16-8-9-17(22)18(12-16)26-13-15-6-4-3-5-7-15/h3-9,12,14,19-20,23,27H,10-11,13H2,1-2H3,(H,24,25)/t14-,19?,20-/m1/s1. The fourth-order valence-corrected chi connectivity index (χ4v) is 7.44. The van der Waals surface area contributed by atoms with Crippen molar-refractivity contribution in [2.24, 2.45) is 5.92 Å². The molecule has 2 aromatic carbocycles. The number of nitrogens with one attached hydrogen (secondary N) is 1. The normalized spacial score (nSPS) is 24.5. The molecule has 0 amide bonds. The fourth-order valence-electron chi connectivity index (χ4n) is 3.74. The third-order valence-electron chi connectivity index (χ3n) is 5.17. The molecular weight excluding hydrogens is 382 g/mol. The smallest absolute Gasteiger partial charge is 0.321 e. The van der Waals surface area contributed by atoms with Gasteiger partial charge in [-0.15, -0.1) is 0 Å². The summed E-state index contributed by atoms with van der Waals surface area (Å²) in [4.78, 5) is 12.9. The van der Waals surface area contributed by atoms with E-state index in [-0.39, 0.29) is 5.25 Å². The van der Waals surface area contributed by atoms with E-state index in [1.165, 1.54) is 0 Å². The summed E-state index contributed by atoms with van der Waals surface area (Å²) < 4.78 is 5.97. The quantitative estimate of drug-likeness (QED) is 0.597. The maximum atomic E-state index is 11.7. The number of aliphatic carboxylic acids is 1. The van der Waals surface area contributed by atoms with E-state index in [1.54, 1.807) is 7.05 Å². The SMILES string of the molecule is CNC(C(=O)O)[C@H]1[C@H](C)CC[SH]1c1ccc(Cl)c(OCc2ccccc2)c1. The van der Waals surface area contributed by atoms with Crippen molar-refractivity contribution in [2.45, 2.75) is 36.1 Å². The molecule has 146 valence electrons. The molecule has 2 aromatic rings. The highest BCUT2D eigenvalue weighted by Crippen LogP contribution is 2.53. The van der Waals surface area contributed by atoms with E-state index in [2.05, 4.69) is 12.2 Å². The molecule has 1 aliphatic heterocycles. The van der Waals surface area contributed by atoms with E-state index in [0.29, 0.717) is 23.3 Å². The zero-order valence-electron chi connectivity index (χ0n) is 15.6. The second kappa shape index (κ2) is 9.00. The Kier molecular flexibility index (Phi) is 6.68. The highest BCUT2D eigenvalue weighted by atomic mass is 35.5. The van der Waals surface area contributed by atoms with Gasteiger partial charge in [0, 0.05) is 5.25 Å². The number of rotatable bonds is 7. The minimum absolute atomic E-state index is 0.102. The molecule has 0 radical (unpaired) electrons. The van der Waals surface area contributed by atoms with Gasteiger partial charge in [-0.1, -0.05) is 48.9 Å². The number of hydrogen-bond acceptors (Lipinski definition) is 3. The number of carboxylic acids is 1. The molecule has 6 heteroatoms. The van der Waals surface area contributed by atoms with Gasteiger partial charge < -0.3 is 15.2 Å². The van der Waals surface area contributed by atoms with Crippen LogP contribution in [0.15, 0.2) is 53.4 Å². The molecule has 1 aliphatic rings. The number of carboxylic acid groups (broad SMARTS) is 1. The van der Waals surface area contributed by atoms with Crippen LogP contribution in [0, 0.1) is 5.92 Å². The van der Waals surface area contributed by atoms with Crippen LogP contribution in [-0.2, 0) is 11.4 Å². The Morgan fingerprint density at radius 3 is 2.74 bits per heavy atom. The lowest BCUT2D eigenvalue weighted by atomic mass is 9.99. The second-order valence-corrected chi connectivity index (χ2v) is 9.85. The van der Waals surface area contributed by atoms with Crippen molar-refractivity contribution in [3.8, 4) is 5.75 Å². The number of halogens is 1. The number of hydrogen-bond donors (Lipinski definition) is 3. The lowest BCUT2D eigenvalue weighted by Gasteiger charge is -2.32. The van der Waals surface area contributed by atoms with Gasteiger partial charge in [0.25, 0.3) is 0 Å². The minimum Gasteiger partial charge on any atom is -0.487 e. The molecule has 4 nitrogen and oxygen atoms in total. The summed E-state index contributed by atoms with van der Waals surface area (Å²) in [6, 6.07) is 15.3. The van der Waals surface area contributed by atoms with Crippen LogP contribution < -0.4 is 10.1 Å². The first-order valence-electron chi connectivity index (χ1n) is 9.14. The lowest BCUT2D eigenvalue weighted by Crippen LogP contribution is -2.45. The molecule has 0 spiro atoms. The Labute approximate surface area is 168 Å². The van der Waals surface area contributed by atoms with Crippen molar-refractivity contribution in [1.82, 2.24) is 5.32 Å². The molecule has 1 fully saturated rings. The third kappa shape index (κ3) is 4.60. The predicted molar refractivity (Wildman–Crippen MR) is 112 cm³/mol. The molecule has 4 atom stereocenters. The second-order valence-electron chi connectivity index (χ2n) is 6.94. The summed E-state index contributed by atoms with van der Waals surface area (Å²) >= 11 is 6.35. The number of benzene rings is 2. The average molecular weight is 408 g/mol. The summed E-state index contributed by atoms with van der Waals surface area (Å²) in [7, 11) is 1.13. The zero-order chi connectivity index (χ0) is 19.4. The van der Waals surface area contributed by atoms with Crippen molar-refractivity contribution in [2.75, 3.05) is 12.8 Å². The first kappa shape index (κ1) is 20.1. The number of ether oxygens (including phenoxy) is 1. The molecule has 0 bridgehead atoms. The maximum absolute atomic E-state index is 11.7. The van der Waals surface area contributed by atoms with E-state index in [0.717, 1.165) is 22.6 Å². The van der Waals surface area contributed by atoms with Crippen molar-refractivity contribution < 1.29 is 14.6 Å². The molecule has 1 saturated heterocycles. The van der Waals surface area contributed by atoms with Gasteiger partial charge in [-0.25, -0.2) is 10.9 Å². The van der Waals surface area contributed by atoms with Crippen LogP contribution in [0.3, 0.4) is 0 Å². The molecule has 2 N–H and O–H groups in total. The minimum atomic E-state index is -0.779. The van der Waals surface area contributed by atoms with E-state index in [9.17, 15) is 9.90 Å². The van der Waals surface area contributed by atoms with Crippen LogP contribution in [0.5, 0.6) is 5.75 Å². The predicted octanol–water partition coefficient (Wildman–Crippen LogP) is 4.36. The highest BCUT2D eigenvalue weighted by molar-refractivity contribution is 8.17. The van der Waals surface area contributed by atoms with Crippen LogP contribution in [0.25, 0.3) is 0 Å². The molecule has 1 heterocycles. The van der Waals surface area contributed by atoms with Crippen LogP contribution in [0.1, 0.15) is 18.9 Å². The molecule has 3 rings (SSSR count). The first-order chi connectivity index (χ1) is 13.0. The largest absolute Gasteiger partial charge is 0.487 e. The monoisotopic (exact) mass is 407 g/mol. The van der Waals surface area contributed by atoms with Gasteiger partial charge in [-0.3, -0.25) is 4.79 Å². The van der Waals surface area contributed by atoms with Gasteiger partial charge in [-0.2, -0.15) is 0 Å². The molecular formula is C21H26ClNO3S. The Morgan fingerprint density at radius 1 is 1.33 bits per heavy atom. The number of carbonyl (C=O) groups is 1. The van der Waals surface area contributed by atoms with Crippen molar-refractivity contribution in [3.63, 3.8) is 0 Å². The Morgan fingerprint density at radius 2 is 2.07 bits per heavy atom. The average Bonchev–Trinajstić information content (AvgIpc) is 3.04. The first-order valence-corrected chi connectivity index (χ1v) is 11.1. The van der Waals surface area contributed by atoms with Crippen LogP contribution in [-0.4, -0.2) is 35.2 Å². The van der Waals surface area contributed by atoms with Gasteiger partial charge in [0.2, 0.25) is 0 Å². The topological polar surface area (TPSA) is 58.6 Å². The van der Waals surface area contributed by atoms with Crippen LogP contribution in [0.2, 0.25) is 5.02 Å². The van der Waals surface area contributed by atoms with Crippen molar-refractivity contribution >= 4 is 28.5 Å². The molecule has 0 aliphatic carbocycles. The molecule has 0 aromatic heterocycles. The van der Waals surface area contributed by atoms with Crippen LogP contribution in [0.4, 0.5) is 0 Å². The van der Waals surface area contributed by atoms with Gasteiger partial charge in [0.15, 0.2) is 0 Å². The van der Waals surface area contributed by atoms with Gasteiger partial charge in [-0.05, 0) is 53.8 Å². The third-order valence-corrected chi connectivity index (χ3v) is 8.69. The van der Waals surface area contributed by atoms with Crippen molar-refractivity contribution in [1.29, 1.82) is 0 Å². The number of thiol groups is 1. The van der Waals surface area contributed by atoms with Crippen LogP contribution >= 0.6 is 22.5 Å². The zero-order valence-corrected chi connectivity index (χ0v) is 17.2. The summed E-state index contributed by atoms with van der Waals surface area (Å²) in [6.07, 6.45) is 1.05. The molecule has 27 heavy (non-hydrogen) atoms. The summed E-state index contributed by atoms with van der Waals surface area (Å²) in [5, 5.41) is 13.3. The van der Waals surface area contributed by atoms with E-state index < -0.39 is 22.9 Å². The van der Waals surface area contributed by atoms with E-state index >= 15 is 0 Å². The van der Waals surface area contributed by atoms with Crippen molar-refractivity contribution in [3.05, 3.63) is 59.1 Å². The van der Waals surface area contributed by atoms with E-state index in [1.807, 2.05) is 48.5 Å². The highest BCUT2D eigenvalue weighted by Gasteiger charge is 2.40. The Balaban J connectivity index is 1.82. The maximum Gasteiger partial charge on any atom is 0.321 e. The fraction of sp³-hybridized carbons (Fsp3) is 0.381. The summed E-state index contributed by atoms with van der Waals surface area (Å²) in [5.74, 6) is 1.29.